The topological polar surface area (TPSA) is 47.3 Å². The van der Waals surface area contributed by atoms with E-state index in [2.05, 4.69) is 55.7 Å². The molecule has 0 bridgehead atoms. The number of fused-ring (bicyclic) bond motifs is 1. The lowest BCUT2D eigenvalue weighted by Crippen LogP contribution is -2.37. The molecule has 2 aromatic rings. The quantitative estimate of drug-likeness (QED) is 0.669. The van der Waals surface area contributed by atoms with Crippen LogP contribution in [0.1, 0.15) is 39.8 Å². The van der Waals surface area contributed by atoms with Crippen LogP contribution in [0.15, 0.2) is 36.4 Å². The van der Waals surface area contributed by atoms with Crippen molar-refractivity contribution in [2.45, 2.75) is 32.2 Å². The summed E-state index contributed by atoms with van der Waals surface area (Å²) >= 11 is 0. The van der Waals surface area contributed by atoms with Crippen LogP contribution in [-0.4, -0.2) is 7.11 Å². The van der Waals surface area contributed by atoms with Gasteiger partial charge in [-0.2, -0.15) is 0 Å². The lowest BCUT2D eigenvalue weighted by molar-refractivity contribution is 0.405. The Hall–Kier alpha value is -1.84. The maximum Gasteiger partial charge on any atom is 0.122 e. The largest absolute Gasteiger partial charge is 0.496 e. The van der Waals surface area contributed by atoms with Crippen LogP contribution in [0.25, 0.3) is 0 Å². The van der Waals surface area contributed by atoms with Gasteiger partial charge in [0.25, 0.3) is 0 Å². The predicted molar refractivity (Wildman–Crippen MR) is 85.4 cm³/mol. The van der Waals surface area contributed by atoms with E-state index in [0.29, 0.717) is 5.92 Å². The number of nitrogens with one attached hydrogen (secondary N) is 1. The van der Waals surface area contributed by atoms with E-state index in [1.807, 2.05) is 0 Å². The molecule has 1 aliphatic carbocycles. The maximum atomic E-state index is 5.88. The van der Waals surface area contributed by atoms with E-state index < -0.39 is 0 Å². The number of hydrazine groups is 1. The summed E-state index contributed by atoms with van der Waals surface area (Å²) in [6, 6.07) is 13.0. The summed E-state index contributed by atoms with van der Waals surface area (Å²) in [6.45, 7) is 4.19. The van der Waals surface area contributed by atoms with Gasteiger partial charge in [-0.05, 0) is 54.2 Å². The van der Waals surface area contributed by atoms with Gasteiger partial charge in [0.2, 0.25) is 0 Å². The van der Waals surface area contributed by atoms with Gasteiger partial charge in [0, 0.05) is 5.92 Å². The van der Waals surface area contributed by atoms with Crippen molar-refractivity contribution in [1.82, 2.24) is 5.43 Å². The van der Waals surface area contributed by atoms with Crippen molar-refractivity contribution in [1.29, 1.82) is 0 Å². The van der Waals surface area contributed by atoms with Crippen LogP contribution in [0.5, 0.6) is 5.75 Å². The maximum absolute atomic E-state index is 5.88. The van der Waals surface area contributed by atoms with Crippen molar-refractivity contribution in [2.24, 2.45) is 5.84 Å². The summed E-state index contributed by atoms with van der Waals surface area (Å²) in [7, 11) is 1.71. The molecule has 0 aliphatic heterocycles. The number of hydrogen-bond acceptors (Lipinski definition) is 3. The molecule has 2 aromatic carbocycles. The van der Waals surface area contributed by atoms with E-state index in [1.54, 1.807) is 7.11 Å². The van der Waals surface area contributed by atoms with Crippen LogP contribution in [0.3, 0.4) is 0 Å². The molecule has 21 heavy (non-hydrogen) atoms. The first-order chi connectivity index (χ1) is 10.2. The molecule has 0 fully saturated rings. The molecule has 0 amide bonds. The number of ether oxygens (including phenoxy) is 1. The van der Waals surface area contributed by atoms with E-state index in [4.69, 9.17) is 10.6 Å². The molecule has 0 saturated heterocycles. The third kappa shape index (κ3) is 2.33. The highest BCUT2D eigenvalue weighted by Crippen LogP contribution is 2.44. The molecule has 110 valence electrons. The van der Waals surface area contributed by atoms with Crippen molar-refractivity contribution < 1.29 is 4.74 Å². The Morgan fingerprint density at radius 3 is 2.62 bits per heavy atom. The molecule has 2 atom stereocenters. The average molecular weight is 282 g/mol. The molecule has 0 spiro atoms. The molecule has 0 heterocycles. The Kier molecular flexibility index (Phi) is 3.70. The molecule has 3 heteroatoms. The highest BCUT2D eigenvalue weighted by Gasteiger charge is 2.33. The van der Waals surface area contributed by atoms with Gasteiger partial charge in [-0.15, -0.1) is 0 Å². The van der Waals surface area contributed by atoms with E-state index >= 15 is 0 Å². The molecule has 2 unspecified atom stereocenters. The van der Waals surface area contributed by atoms with E-state index in [9.17, 15) is 0 Å². The smallest absolute Gasteiger partial charge is 0.122 e. The van der Waals surface area contributed by atoms with Gasteiger partial charge in [0.15, 0.2) is 0 Å². The van der Waals surface area contributed by atoms with E-state index in [1.165, 1.54) is 22.3 Å². The first-order valence-electron chi connectivity index (χ1n) is 7.34. The third-order valence-corrected chi connectivity index (χ3v) is 4.59. The zero-order chi connectivity index (χ0) is 15.0. The summed E-state index contributed by atoms with van der Waals surface area (Å²) in [5, 5.41) is 0. The predicted octanol–water partition coefficient (Wildman–Crippen LogP) is 3.16. The van der Waals surface area contributed by atoms with Crippen molar-refractivity contribution in [2.75, 3.05) is 7.11 Å². The zero-order valence-corrected chi connectivity index (χ0v) is 12.8. The number of hydrogen-bond donors (Lipinski definition) is 2. The van der Waals surface area contributed by atoms with Crippen LogP contribution >= 0.6 is 0 Å². The fourth-order valence-corrected chi connectivity index (χ4v) is 3.38. The normalized spacial score (nSPS) is 17.8. The van der Waals surface area contributed by atoms with Gasteiger partial charge in [0.05, 0.1) is 13.2 Å². The minimum atomic E-state index is 0.143. The minimum Gasteiger partial charge on any atom is -0.496 e. The number of methoxy groups -OCH3 is 1. The van der Waals surface area contributed by atoms with Gasteiger partial charge >= 0.3 is 0 Å². The molecule has 3 rings (SSSR count). The molecule has 0 saturated carbocycles. The van der Waals surface area contributed by atoms with E-state index in [-0.39, 0.29) is 6.04 Å². The lowest BCUT2D eigenvalue weighted by Gasteiger charge is -2.37. The summed E-state index contributed by atoms with van der Waals surface area (Å²) in [6.07, 6.45) is 1.08. The van der Waals surface area contributed by atoms with Crippen LogP contribution in [0.4, 0.5) is 0 Å². The molecule has 3 nitrogen and oxygen atoms in total. The Balaban J connectivity index is 1.97. The first-order valence-corrected chi connectivity index (χ1v) is 7.34. The Bertz CT molecular complexity index is 666. The summed E-state index contributed by atoms with van der Waals surface area (Å²) < 4.78 is 5.40. The van der Waals surface area contributed by atoms with Crippen molar-refractivity contribution in [3.63, 3.8) is 0 Å². The number of nitrogens with two attached hydrogens (primary N) is 1. The molecular weight excluding hydrogens is 260 g/mol. The summed E-state index contributed by atoms with van der Waals surface area (Å²) in [4.78, 5) is 0. The monoisotopic (exact) mass is 282 g/mol. The summed E-state index contributed by atoms with van der Waals surface area (Å²) in [5.74, 6) is 7.25. The van der Waals surface area contributed by atoms with Crippen molar-refractivity contribution in [3.8, 4) is 5.75 Å². The van der Waals surface area contributed by atoms with Crippen LogP contribution < -0.4 is 16.0 Å². The third-order valence-electron chi connectivity index (χ3n) is 4.59. The standard InChI is InChI=1S/C18H22N2O/c1-11-9-17(21-3)12(2)8-15(11)18(20-19)16-10-13-6-4-5-7-14(13)16/h4-9,16,18,20H,10,19H2,1-3H3. The Morgan fingerprint density at radius 2 is 1.95 bits per heavy atom. The fraction of sp³-hybridized carbons (Fsp3) is 0.333. The number of benzene rings is 2. The highest BCUT2D eigenvalue weighted by atomic mass is 16.5. The Labute approximate surface area is 126 Å². The molecule has 0 radical (unpaired) electrons. The Morgan fingerprint density at radius 1 is 1.19 bits per heavy atom. The zero-order valence-electron chi connectivity index (χ0n) is 12.8. The molecule has 3 N–H and O–H groups in total. The number of rotatable bonds is 4. The highest BCUT2D eigenvalue weighted by molar-refractivity contribution is 5.47. The van der Waals surface area contributed by atoms with Gasteiger partial charge in [-0.3, -0.25) is 11.3 Å². The van der Waals surface area contributed by atoms with Crippen LogP contribution in [0, 0.1) is 13.8 Å². The second-order valence-electron chi connectivity index (χ2n) is 5.83. The van der Waals surface area contributed by atoms with Crippen LogP contribution in [0.2, 0.25) is 0 Å². The lowest BCUT2D eigenvalue weighted by atomic mass is 9.71. The molecular formula is C18H22N2O. The van der Waals surface area contributed by atoms with Crippen molar-refractivity contribution in [3.05, 3.63) is 64.2 Å². The average Bonchev–Trinajstić information content (AvgIpc) is 2.47. The second kappa shape index (κ2) is 5.51. The molecule has 0 aromatic heterocycles. The first kappa shape index (κ1) is 14.1. The van der Waals surface area contributed by atoms with Gasteiger partial charge in [0.1, 0.15) is 5.75 Å². The van der Waals surface area contributed by atoms with Gasteiger partial charge in [-0.1, -0.05) is 30.3 Å². The number of aryl methyl sites for hydroxylation is 2. The van der Waals surface area contributed by atoms with E-state index in [0.717, 1.165) is 17.7 Å². The second-order valence-corrected chi connectivity index (χ2v) is 5.83. The SMILES string of the molecule is COc1cc(C)c(C(NN)C2Cc3ccccc32)cc1C. The van der Waals surface area contributed by atoms with Gasteiger partial charge < -0.3 is 4.74 Å². The minimum absolute atomic E-state index is 0.143. The summed E-state index contributed by atoms with van der Waals surface area (Å²) in [5.41, 5.74) is 9.49. The van der Waals surface area contributed by atoms with Gasteiger partial charge in [-0.25, -0.2) is 0 Å². The molecule has 1 aliphatic rings. The van der Waals surface area contributed by atoms with Crippen LogP contribution in [-0.2, 0) is 6.42 Å². The fourth-order valence-electron chi connectivity index (χ4n) is 3.38. The van der Waals surface area contributed by atoms with Crippen molar-refractivity contribution >= 4 is 0 Å².